The van der Waals surface area contributed by atoms with E-state index in [1.165, 1.54) is 24.3 Å². The Morgan fingerprint density at radius 3 is 2.39 bits per heavy atom. The molecule has 1 rings (SSSR count). The molecule has 0 aliphatic carbocycles. The Morgan fingerprint density at radius 1 is 1.39 bits per heavy atom. The Balaban J connectivity index is 2.56. The number of carbonyl (C=O) groups excluding carboxylic acids is 1. The molecule has 1 aromatic rings. The number of benzene rings is 1. The van der Waals surface area contributed by atoms with Crippen LogP contribution >= 0.6 is 12.6 Å². The van der Waals surface area contributed by atoms with Crippen LogP contribution in [0, 0.1) is 10.1 Å². The minimum absolute atomic E-state index is 0.105. The quantitative estimate of drug-likeness (QED) is 0.345. The lowest BCUT2D eigenvalue weighted by Gasteiger charge is -2.07. The summed E-state index contributed by atoms with van der Waals surface area (Å²) in [6.07, 6.45) is 0. The van der Waals surface area contributed by atoms with E-state index in [4.69, 9.17) is 9.84 Å². The van der Waals surface area contributed by atoms with Crippen molar-refractivity contribution in [1.29, 1.82) is 0 Å². The molecule has 1 atom stereocenters. The number of nitrogens with zero attached hydrogens (tertiary/aromatic N) is 1. The molecule has 8 heteroatoms. The van der Waals surface area contributed by atoms with Gasteiger partial charge in [-0.25, -0.2) is 0 Å². The van der Waals surface area contributed by atoms with E-state index in [0.717, 1.165) is 0 Å². The first-order chi connectivity index (χ1) is 8.41. The van der Waals surface area contributed by atoms with Gasteiger partial charge in [0.05, 0.1) is 4.92 Å². The highest BCUT2D eigenvalue weighted by Crippen LogP contribution is 2.17. The fraction of sp³-hybridized carbons (Fsp3) is 0.200. The third-order valence-corrected chi connectivity index (χ3v) is 2.48. The number of hydrogen-bond donors (Lipinski definition) is 2. The van der Waals surface area contributed by atoms with E-state index in [-0.39, 0.29) is 11.4 Å². The molecule has 0 saturated carbocycles. The van der Waals surface area contributed by atoms with Gasteiger partial charge in [0, 0.05) is 12.1 Å². The van der Waals surface area contributed by atoms with Crippen molar-refractivity contribution in [3.63, 3.8) is 0 Å². The van der Waals surface area contributed by atoms with Crippen molar-refractivity contribution in [2.45, 2.75) is 5.25 Å². The smallest absolute Gasteiger partial charge is 0.324 e. The summed E-state index contributed by atoms with van der Waals surface area (Å²) in [5.41, 5.74) is -0.105. The molecule has 96 valence electrons. The number of aliphatic carboxylic acids is 1. The molecular formula is C10H9NO6S. The maximum absolute atomic E-state index is 11.2. The summed E-state index contributed by atoms with van der Waals surface area (Å²) in [6, 6.07) is 5.07. The zero-order valence-corrected chi connectivity index (χ0v) is 9.87. The summed E-state index contributed by atoms with van der Waals surface area (Å²) in [6.45, 7) is -0.460. The third kappa shape index (κ3) is 3.74. The first-order valence-corrected chi connectivity index (χ1v) is 5.24. The predicted molar refractivity (Wildman–Crippen MR) is 64.0 cm³/mol. The molecule has 0 fully saturated rings. The molecule has 0 bridgehead atoms. The Labute approximate surface area is 107 Å². The first-order valence-electron chi connectivity index (χ1n) is 4.72. The molecule has 0 spiro atoms. The Kier molecular flexibility index (Phi) is 4.67. The van der Waals surface area contributed by atoms with Gasteiger partial charge in [-0.2, -0.15) is 12.6 Å². The number of rotatable bonds is 6. The van der Waals surface area contributed by atoms with Gasteiger partial charge < -0.3 is 9.84 Å². The number of nitro benzene ring substituents is 1. The lowest BCUT2D eigenvalue weighted by atomic mass is 10.3. The van der Waals surface area contributed by atoms with Gasteiger partial charge in [-0.15, -0.1) is 0 Å². The molecular weight excluding hydrogens is 262 g/mol. The number of Topliss-reactive ketones (excluding diaryl/α,β-unsaturated/α-hetero) is 1. The lowest BCUT2D eigenvalue weighted by molar-refractivity contribution is -0.384. The number of nitro groups is 1. The number of ketones is 1. The van der Waals surface area contributed by atoms with E-state index in [1.807, 2.05) is 0 Å². The maximum atomic E-state index is 11.2. The van der Waals surface area contributed by atoms with E-state index >= 15 is 0 Å². The van der Waals surface area contributed by atoms with E-state index in [1.54, 1.807) is 0 Å². The topological polar surface area (TPSA) is 107 Å². The summed E-state index contributed by atoms with van der Waals surface area (Å²) in [5.74, 6) is -1.82. The third-order valence-electron chi connectivity index (χ3n) is 1.97. The van der Waals surface area contributed by atoms with Crippen LogP contribution in [0.3, 0.4) is 0 Å². The Morgan fingerprint density at radius 2 is 1.94 bits per heavy atom. The maximum Gasteiger partial charge on any atom is 0.324 e. The Hall–Kier alpha value is -2.09. The molecule has 0 saturated heterocycles. The first kappa shape index (κ1) is 14.0. The molecule has 7 nitrogen and oxygen atoms in total. The second-order valence-electron chi connectivity index (χ2n) is 3.25. The molecule has 18 heavy (non-hydrogen) atoms. The van der Waals surface area contributed by atoms with Gasteiger partial charge in [0.1, 0.15) is 12.4 Å². The number of carbonyl (C=O) groups is 2. The van der Waals surface area contributed by atoms with Crippen LogP contribution in [0.25, 0.3) is 0 Å². The fourth-order valence-corrected chi connectivity index (χ4v) is 1.11. The van der Waals surface area contributed by atoms with Crippen LogP contribution in [0.15, 0.2) is 24.3 Å². The highest BCUT2D eigenvalue weighted by molar-refractivity contribution is 7.82. The molecule has 1 N–H and O–H groups in total. The van der Waals surface area contributed by atoms with Crippen LogP contribution in [0.1, 0.15) is 0 Å². The molecule has 1 unspecified atom stereocenters. The van der Waals surface area contributed by atoms with Gasteiger partial charge in [-0.05, 0) is 12.1 Å². The van der Waals surface area contributed by atoms with Crippen LogP contribution < -0.4 is 4.74 Å². The van der Waals surface area contributed by atoms with Crippen molar-refractivity contribution in [1.82, 2.24) is 0 Å². The zero-order valence-electron chi connectivity index (χ0n) is 8.98. The summed E-state index contributed by atoms with van der Waals surface area (Å²) in [7, 11) is 0. The van der Waals surface area contributed by atoms with Crippen LogP contribution in [0.4, 0.5) is 5.69 Å². The lowest BCUT2D eigenvalue weighted by Crippen LogP contribution is -2.29. The number of carboxylic acid groups (broad SMARTS) is 1. The van der Waals surface area contributed by atoms with E-state index < -0.39 is 28.5 Å². The molecule has 1 aromatic carbocycles. The van der Waals surface area contributed by atoms with E-state index in [2.05, 4.69) is 12.6 Å². The fourth-order valence-electron chi connectivity index (χ4n) is 1.04. The van der Waals surface area contributed by atoms with Crippen molar-refractivity contribution < 1.29 is 24.4 Å². The van der Waals surface area contributed by atoms with Crippen LogP contribution in [0.2, 0.25) is 0 Å². The minimum atomic E-state index is -1.44. The number of non-ortho nitro benzene ring substituents is 1. The number of carboxylic acids is 1. The summed E-state index contributed by atoms with van der Waals surface area (Å²) in [5, 5.41) is 17.5. The van der Waals surface area contributed by atoms with E-state index in [9.17, 15) is 19.7 Å². The van der Waals surface area contributed by atoms with Gasteiger partial charge in [-0.3, -0.25) is 19.7 Å². The number of hydrogen-bond acceptors (Lipinski definition) is 6. The van der Waals surface area contributed by atoms with Crippen LogP contribution in [-0.4, -0.2) is 33.6 Å². The van der Waals surface area contributed by atoms with E-state index in [0.29, 0.717) is 0 Å². The van der Waals surface area contributed by atoms with Crippen LogP contribution in [-0.2, 0) is 9.59 Å². The molecule has 0 radical (unpaired) electrons. The molecule has 0 aromatic heterocycles. The Bertz CT molecular complexity index is 472. The highest BCUT2D eigenvalue weighted by atomic mass is 32.1. The minimum Gasteiger partial charge on any atom is -0.486 e. The highest BCUT2D eigenvalue weighted by Gasteiger charge is 2.21. The SMILES string of the molecule is O=C(O)C(S)C(=O)COc1ccc([N+](=O)[O-])cc1. The predicted octanol–water partition coefficient (Wildman–Crippen LogP) is 0.926. The summed E-state index contributed by atoms with van der Waals surface area (Å²) >= 11 is 3.59. The molecule has 0 aliphatic heterocycles. The van der Waals surface area contributed by atoms with Gasteiger partial charge in [0.2, 0.25) is 0 Å². The van der Waals surface area contributed by atoms with Crippen molar-refractivity contribution >= 4 is 30.1 Å². The number of ether oxygens (including phenoxy) is 1. The second kappa shape index (κ2) is 6.01. The molecule has 0 heterocycles. The normalized spacial score (nSPS) is 11.6. The number of thiol groups is 1. The average molecular weight is 271 g/mol. The summed E-state index contributed by atoms with van der Waals surface area (Å²) < 4.78 is 4.99. The largest absolute Gasteiger partial charge is 0.486 e. The van der Waals surface area contributed by atoms with Crippen molar-refractivity contribution in [3.8, 4) is 5.75 Å². The van der Waals surface area contributed by atoms with Crippen LogP contribution in [0.5, 0.6) is 5.75 Å². The van der Waals surface area contributed by atoms with Crippen molar-refractivity contribution in [2.75, 3.05) is 6.61 Å². The van der Waals surface area contributed by atoms with Gasteiger partial charge in [0.15, 0.2) is 11.0 Å². The monoisotopic (exact) mass is 271 g/mol. The summed E-state index contributed by atoms with van der Waals surface area (Å²) in [4.78, 5) is 31.5. The zero-order chi connectivity index (χ0) is 13.7. The molecule has 0 aliphatic rings. The van der Waals surface area contributed by atoms with Crippen molar-refractivity contribution in [2.24, 2.45) is 0 Å². The van der Waals surface area contributed by atoms with Crippen molar-refractivity contribution in [3.05, 3.63) is 34.4 Å². The standard InChI is InChI=1S/C10H9NO6S/c12-8(9(18)10(13)14)5-17-7-3-1-6(2-4-7)11(15)16/h1-4,9,18H,5H2,(H,13,14). The average Bonchev–Trinajstić information content (AvgIpc) is 2.35. The van der Waals surface area contributed by atoms with Gasteiger partial charge in [0.25, 0.3) is 5.69 Å². The van der Waals surface area contributed by atoms with Gasteiger partial charge in [-0.1, -0.05) is 0 Å². The van der Waals surface area contributed by atoms with Gasteiger partial charge >= 0.3 is 5.97 Å². The molecule has 0 amide bonds. The second-order valence-corrected chi connectivity index (χ2v) is 3.76.